The Balaban J connectivity index is 0.000000738. The molecule has 1 atom stereocenters. The van der Waals surface area contributed by atoms with Crippen molar-refractivity contribution in [2.24, 2.45) is 11.5 Å². The highest BCUT2D eigenvalue weighted by atomic mass is 35.5. The summed E-state index contributed by atoms with van der Waals surface area (Å²) in [4.78, 5) is 21.3. The molecule has 1 aliphatic rings. The second-order valence-electron chi connectivity index (χ2n) is 10.7. The third kappa shape index (κ3) is 10.0. The Morgan fingerprint density at radius 2 is 1.65 bits per heavy atom. The van der Waals surface area contributed by atoms with Gasteiger partial charge in [0.25, 0.3) is 0 Å². The first kappa shape index (κ1) is 37.0. The van der Waals surface area contributed by atoms with E-state index in [0.29, 0.717) is 12.6 Å². The number of nitrogens with two attached hydrogens (primary N) is 2. The molecule has 0 heterocycles. The first-order valence-electron chi connectivity index (χ1n) is 14.3. The number of carbonyl (C=O) groups is 2. The maximum absolute atomic E-state index is 15.9. The summed E-state index contributed by atoms with van der Waals surface area (Å²) in [6, 6.07) is 17.0. The van der Waals surface area contributed by atoms with Gasteiger partial charge in [-0.25, -0.2) is 9.18 Å². The maximum atomic E-state index is 15.9. The molecule has 1 amide bonds. The van der Waals surface area contributed by atoms with Crippen LogP contribution in [0.3, 0.4) is 0 Å². The molecule has 0 saturated heterocycles. The number of carboxylic acid groups (broad SMARTS) is 1. The van der Waals surface area contributed by atoms with Crippen LogP contribution in [0, 0.1) is 5.82 Å². The Morgan fingerprint density at radius 3 is 2.22 bits per heavy atom. The summed E-state index contributed by atoms with van der Waals surface area (Å²) in [6.07, 6.45) is -1.08. The van der Waals surface area contributed by atoms with Crippen molar-refractivity contribution in [1.29, 1.82) is 0 Å². The van der Waals surface area contributed by atoms with Gasteiger partial charge in [-0.2, -0.15) is 13.2 Å². The lowest BCUT2D eigenvalue weighted by Crippen LogP contribution is -2.39. The van der Waals surface area contributed by atoms with Crippen LogP contribution in [0.25, 0.3) is 11.1 Å². The molecule has 0 aliphatic heterocycles. The highest BCUT2D eigenvalue weighted by molar-refractivity contribution is 6.44. The van der Waals surface area contributed by atoms with Gasteiger partial charge < -0.3 is 31.4 Å². The zero-order valence-corrected chi connectivity index (χ0v) is 26.4. The number of rotatable bonds is 11. The molecule has 0 radical (unpaired) electrons. The number of halogens is 6. The molecular formula is C32H35Cl2F4N3O5. The Kier molecular flexibility index (Phi) is 13.6. The molecule has 0 spiro atoms. The van der Waals surface area contributed by atoms with E-state index >= 15 is 4.39 Å². The molecule has 250 valence electrons. The van der Waals surface area contributed by atoms with Crippen LogP contribution < -0.4 is 21.5 Å². The number of nitrogens with one attached hydrogen (secondary N) is 1. The molecule has 8 nitrogen and oxygen atoms in total. The van der Waals surface area contributed by atoms with Crippen LogP contribution in [0.15, 0.2) is 54.6 Å². The minimum Gasteiger partial charge on any atom is -0.488 e. The molecule has 6 N–H and O–H groups in total. The van der Waals surface area contributed by atoms with Crippen molar-refractivity contribution in [3.8, 4) is 16.9 Å². The van der Waals surface area contributed by atoms with E-state index < -0.39 is 23.9 Å². The van der Waals surface area contributed by atoms with E-state index in [4.69, 9.17) is 54.0 Å². The van der Waals surface area contributed by atoms with Crippen LogP contribution >= 0.6 is 23.2 Å². The van der Waals surface area contributed by atoms with Gasteiger partial charge in [-0.1, -0.05) is 53.5 Å². The molecule has 14 heteroatoms. The molecule has 1 aliphatic carbocycles. The number of hydrogen-bond donors (Lipinski definition) is 4. The van der Waals surface area contributed by atoms with E-state index in [1.807, 2.05) is 30.3 Å². The minimum absolute atomic E-state index is 0.0189. The molecule has 3 aromatic rings. The second-order valence-corrected chi connectivity index (χ2v) is 11.4. The Hall–Kier alpha value is -3.42. The van der Waals surface area contributed by atoms with Crippen LogP contribution in [0.4, 0.5) is 17.6 Å². The van der Waals surface area contributed by atoms with Gasteiger partial charge in [0.1, 0.15) is 6.61 Å². The zero-order valence-electron chi connectivity index (χ0n) is 24.9. The van der Waals surface area contributed by atoms with Crippen molar-refractivity contribution in [3.63, 3.8) is 0 Å². The summed E-state index contributed by atoms with van der Waals surface area (Å²) < 4.78 is 58.2. The number of aliphatic carboxylic acids is 1. The second kappa shape index (κ2) is 16.9. The van der Waals surface area contributed by atoms with Gasteiger partial charge in [0.05, 0.1) is 22.2 Å². The molecule has 4 rings (SSSR count). The highest BCUT2D eigenvalue weighted by Gasteiger charge is 2.38. The third-order valence-electron chi connectivity index (χ3n) is 7.47. The number of primary amides is 1. The number of ether oxygens (including phenoxy) is 2. The van der Waals surface area contributed by atoms with Gasteiger partial charge >= 0.3 is 12.1 Å². The lowest BCUT2D eigenvalue weighted by atomic mass is 9.87. The normalized spacial score (nSPS) is 17.0. The van der Waals surface area contributed by atoms with E-state index in [-0.39, 0.29) is 57.7 Å². The zero-order chi connectivity index (χ0) is 34.0. The van der Waals surface area contributed by atoms with Gasteiger partial charge in [-0.15, -0.1) is 0 Å². The summed E-state index contributed by atoms with van der Waals surface area (Å²) in [7, 11) is 1.52. The van der Waals surface area contributed by atoms with E-state index in [1.165, 1.54) is 19.2 Å². The Morgan fingerprint density at radius 1 is 1.02 bits per heavy atom. The van der Waals surface area contributed by atoms with Crippen molar-refractivity contribution >= 4 is 35.1 Å². The predicted octanol–water partition coefficient (Wildman–Crippen LogP) is 6.55. The first-order valence-corrected chi connectivity index (χ1v) is 15.1. The van der Waals surface area contributed by atoms with Crippen molar-refractivity contribution in [2.75, 3.05) is 26.9 Å². The Labute approximate surface area is 273 Å². The first-order chi connectivity index (χ1) is 21.7. The quantitative estimate of drug-likeness (QED) is 0.133. The maximum Gasteiger partial charge on any atom is 0.490 e. The standard InChI is InChI=1S/C30H34Cl2FN3O3.C2HF3O2/c1-38-13-14-39-26-12-11-22(30(35)37)27(29(26)33)23-15-19(16-25(31)28(23)32)24(18-5-3-2-4-6-18)17-36-21-9-7-20(34)8-10-21;3-2(4,5)1(6)7/h2-6,11-12,15-16,20-21,24,36H,7-10,13-14,17,34H2,1H3,(H2,35,37);(H,6,7). The topological polar surface area (TPSA) is 137 Å². The number of methoxy groups -OCH3 is 1. The van der Waals surface area contributed by atoms with Gasteiger partial charge in [0, 0.05) is 42.8 Å². The fraction of sp³-hybridized carbons (Fsp3) is 0.375. The Bertz CT molecular complexity index is 1490. The van der Waals surface area contributed by atoms with E-state index in [0.717, 1.165) is 36.8 Å². The van der Waals surface area contributed by atoms with Crippen molar-refractivity contribution in [2.45, 2.75) is 49.9 Å². The van der Waals surface area contributed by atoms with Crippen LogP contribution in [-0.4, -0.2) is 62.1 Å². The smallest absolute Gasteiger partial charge is 0.488 e. The average molecular weight is 689 g/mol. The van der Waals surface area contributed by atoms with Crippen LogP contribution in [0.2, 0.25) is 10.0 Å². The molecule has 0 bridgehead atoms. The molecule has 46 heavy (non-hydrogen) atoms. The van der Waals surface area contributed by atoms with E-state index in [9.17, 15) is 18.0 Å². The van der Waals surface area contributed by atoms with Crippen LogP contribution in [-0.2, 0) is 9.53 Å². The molecule has 3 aromatic carbocycles. The summed E-state index contributed by atoms with van der Waals surface area (Å²) in [5.74, 6) is -4.45. The molecule has 1 fully saturated rings. The van der Waals surface area contributed by atoms with Crippen LogP contribution in [0.5, 0.6) is 5.75 Å². The third-order valence-corrected chi connectivity index (χ3v) is 8.27. The van der Waals surface area contributed by atoms with Gasteiger partial charge in [0.15, 0.2) is 11.6 Å². The monoisotopic (exact) mass is 687 g/mol. The van der Waals surface area contributed by atoms with Crippen LogP contribution in [0.1, 0.15) is 53.1 Å². The number of alkyl halides is 3. The fourth-order valence-electron chi connectivity index (χ4n) is 5.09. The number of amides is 1. The molecule has 0 aromatic heterocycles. The fourth-order valence-corrected chi connectivity index (χ4v) is 5.52. The van der Waals surface area contributed by atoms with E-state index in [2.05, 4.69) is 5.32 Å². The lowest BCUT2D eigenvalue weighted by molar-refractivity contribution is -0.192. The van der Waals surface area contributed by atoms with Gasteiger partial charge in [-0.3, -0.25) is 4.79 Å². The largest absolute Gasteiger partial charge is 0.490 e. The predicted molar refractivity (Wildman–Crippen MR) is 168 cm³/mol. The summed E-state index contributed by atoms with van der Waals surface area (Å²) in [5.41, 5.74) is 13.8. The van der Waals surface area contributed by atoms with Crippen molar-refractivity contribution < 1.29 is 41.7 Å². The summed E-state index contributed by atoms with van der Waals surface area (Å²) >= 11 is 13.3. The highest BCUT2D eigenvalue weighted by Crippen LogP contribution is 2.42. The number of hydrogen-bond acceptors (Lipinski definition) is 6. The van der Waals surface area contributed by atoms with Crippen molar-refractivity contribution in [3.05, 3.63) is 87.2 Å². The van der Waals surface area contributed by atoms with Gasteiger partial charge in [-0.05, 0) is 61.1 Å². The summed E-state index contributed by atoms with van der Waals surface area (Å²) in [5, 5.41) is 11.2. The molecule has 1 saturated carbocycles. The molecule has 1 unspecified atom stereocenters. The van der Waals surface area contributed by atoms with E-state index in [1.54, 1.807) is 12.1 Å². The van der Waals surface area contributed by atoms with Crippen molar-refractivity contribution in [1.82, 2.24) is 5.32 Å². The summed E-state index contributed by atoms with van der Waals surface area (Å²) in [6.45, 7) is 1.03. The number of benzene rings is 3. The molecular weight excluding hydrogens is 653 g/mol. The number of carboxylic acids is 1. The minimum atomic E-state index is -5.08. The number of carbonyl (C=O) groups excluding carboxylic acids is 1. The average Bonchev–Trinajstić information content (AvgIpc) is 3.01. The SMILES string of the molecule is COCCOc1ccc(C(N)=O)c(-c2cc(C(CNC3CCC(N)CC3)c3ccccc3)cc(Cl)c2Cl)c1F.O=C(O)C(F)(F)F. The van der Waals surface area contributed by atoms with Gasteiger partial charge in [0.2, 0.25) is 5.91 Å². The lowest BCUT2D eigenvalue weighted by Gasteiger charge is -2.29.